The maximum Gasteiger partial charge on any atom is 0.243 e. The van der Waals surface area contributed by atoms with Crippen molar-refractivity contribution in [3.8, 4) is 0 Å². The molecule has 2 heterocycles. The van der Waals surface area contributed by atoms with Gasteiger partial charge in [-0.25, -0.2) is 0 Å². The molecule has 3 unspecified atom stereocenters. The minimum absolute atomic E-state index is 0.141. The van der Waals surface area contributed by atoms with E-state index in [1.807, 2.05) is 23.5 Å². The minimum atomic E-state index is 0.141. The van der Waals surface area contributed by atoms with Crippen LogP contribution in [0.4, 0.5) is 0 Å². The van der Waals surface area contributed by atoms with Crippen LogP contribution in [0, 0.1) is 0 Å². The zero-order valence-corrected chi connectivity index (χ0v) is 13.5. The second-order valence-electron chi connectivity index (χ2n) is 4.78. The summed E-state index contributed by atoms with van der Waals surface area (Å²) in [5.74, 6) is 4.01. The van der Waals surface area contributed by atoms with Crippen molar-refractivity contribution in [2.45, 2.75) is 50.2 Å². The third kappa shape index (κ3) is 3.89. The lowest BCUT2D eigenvalue weighted by Crippen LogP contribution is -2.21. The van der Waals surface area contributed by atoms with Gasteiger partial charge in [0.2, 0.25) is 5.89 Å². The van der Waals surface area contributed by atoms with E-state index < -0.39 is 0 Å². The molecule has 1 aliphatic heterocycles. The lowest BCUT2D eigenvalue weighted by Gasteiger charge is -2.27. The Labute approximate surface area is 123 Å². The first-order chi connectivity index (χ1) is 9.26. The van der Waals surface area contributed by atoms with Gasteiger partial charge in [0.15, 0.2) is 5.82 Å². The summed E-state index contributed by atoms with van der Waals surface area (Å²) in [5, 5.41) is 8.59. The summed E-state index contributed by atoms with van der Waals surface area (Å²) in [6, 6.07) is 0.141. The lowest BCUT2D eigenvalue weighted by atomic mass is 10.2. The van der Waals surface area contributed by atoms with Gasteiger partial charge in [-0.1, -0.05) is 19.0 Å². The van der Waals surface area contributed by atoms with Crippen LogP contribution >= 0.6 is 23.5 Å². The molecule has 19 heavy (non-hydrogen) atoms. The van der Waals surface area contributed by atoms with E-state index in [2.05, 4.69) is 36.2 Å². The number of hydrogen-bond acceptors (Lipinski definition) is 6. The van der Waals surface area contributed by atoms with E-state index in [0.717, 1.165) is 31.1 Å². The van der Waals surface area contributed by atoms with E-state index in [4.69, 9.17) is 4.52 Å². The maximum absolute atomic E-state index is 5.42. The van der Waals surface area contributed by atoms with Crippen LogP contribution in [0.25, 0.3) is 0 Å². The highest BCUT2D eigenvalue weighted by Crippen LogP contribution is 2.42. The molecule has 4 nitrogen and oxygen atoms in total. The van der Waals surface area contributed by atoms with Gasteiger partial charge in [-0.3, -0.25) is 0 Å². The fraction of sp³-hybridized carbons (Fsp3) is 0.846. The van der Waals surface area contributed by atoms with Crippen LogP contribution in [-0.2, 0) is 0 Å². The molecule has 108 valence electrons. The van der Waals surface area contributed by atoms with Crippen molar-refractivity contribution < 1.29 is 4.52 Å². The SMILES string of the molecule is CCCNC(C)c1nc(C2SCCSC2CC)no1. The first-order valence-electron chi connectivity index (χ1n) is 7.06. The summed E-state index contributed by atoms with van der Waals surface area (Å²) < 4.78 is 5.42. The summed E-state index contributed by atoms with van der Waals surface area (Å²) in [4.78, 5) is 4.61. The molecule has 0 aliphatic carbocycles. The zero-order valence-electron chi connectivity index (χ0n) is 11.9. The quantitative estimate of drug-likeness (QED) is 0.869. The second kappa shape index (κ2) is 7.55. The molecule has 1 aliphatic rings. The molecule has 2 rings (SSSR count). The number of nitrogens with one attached hydrogen (secondary N) is 1. The molecule has 3 atom stereocenters. The Morgan fingerprint density at radius 3 is 2.89 bits per heavy atom. The Kier molecular flexibility index (Phi) is 6.04. The molecular formula is C13H23N3OS2. The summed E-state index contributed by atoms with van der Waals surface area (Å²) in [6.07, 6.45) is 2.27. The Hall–Kier alpha value is -0.200. The number of thioether (sulfide) groups is 2. The standard InChI is InChI=1S/C13H23N3OS2/c1-4-6-14-9(3)13-15-12(16-17-13)11-10(5-2)18-7-8-19-11/h9-11,14H,4-8H2,1-3H3. The smallest absolute Gasteiger partial charge is 0.243 e. The first kappa shape index (κ1) is 15.2. The van der Waals surface area contributed by atoms with E-state index in [-0.39, 0.29) is 6.04 Å². The van der Waals surface area contributed by atoms with Crippen LogP contribution in [0.5, 0.6) is 0 Å². The molecule has 1 N–H and O–H groups in total. The lowest BCUT2D eigenvalue weighted by molar-refractivity contribution is 0.336. The van der Waals surface area contributed by atoms with Gasteiger partial charge in [-0.2, -0.15) is 16.7 Å². The normalized spacial score (nSPS) is 25.4. The van der Waals surface area contributed by atoms with Crippen molar-refractivity contribution in [2.75, 3.05) is 18.1 Å². The van der Waals surface area contributed by atoms with Crippen molar-refractivity contribution >= 4 is 23.5 Å². The minimum Gasteiger partial charge on any atom is -0.338 e. The average molecular weight is 301 g/mol. The Bertz CT molecular complexity index is 386. The number of aromatic nitrogens is 2. The zero-order chi connectivity index (χ0) is 13.7. The molecule has 0 saturated carbocycles. The van der Waals surface area contributed by atoms with E-state index in [0.29, 0.717) is 10.5 Å². The van der Waals surface area contributed by atoms with Gasteiger partial charge in [0, 0.05) is 16.8 Å². The number of nitrogens with zero attached hydrogens (tertiary/aromatic N) is 2. The largest absolute Gasteiger partial charge is 0.338 e. The highest BCUT2D eigenvalue weighted by atomic mass is 32.2. The number of hydrogen-bond donors (Lipinski definition) is 1. The first-order valence-corrected chi connectivity index (χ1v) is 9.16. The summed E-state index contributed by atoms with van der Waals surface area (Å²) in [5.41, 5.74) is 0. The molecule has 0 spiro atoms. The van der Waals surface area contributed by atoms with Gasteiger partial charge in [0.05, 0.1) is 11.3 Å². The van der Waals surface area contributed by atoms with E-state index in [9.17, 15) is 0 Å². The summed E-state index contributed by atoms with van der Waals surface area (Å²) in [7, 11) is 0. The molecule has 0 radical (unpaired) electrons. The average Bonchev–Trinajstić information content (AvgIpc) is 2.94. The van der Waals surface area contributed by atoms with Gasteiger partial charge < -0.3 is 9.84 Å². The highest BCUT2D eigenvalue weighted by molar-refractivity contribution is 8.06. The monoisotopic (exact) mass is 301 g/mol. The Morgan fingerprint density at radius 2 is 2.16 bits per heavy atom. The van der Waals surface area contributed by atoms with Crippen LogP contribution in [0.3, 0.4) is 0 Å². The molecular weight excluding hydrogens is 278 g/mol. The Balaban J connectivity index is 2.02. The van der Waals surface area contributed by atoms with E-state index in [1.165, 1.54) is 11.5 Å². The third-order valence-corrected chi connectivity index (χ3v) is 6.48. The second-order valence-corrected chi connectivity index (χ2v) is 7.37. The highest BCUT2D eigenvalue weighted by Gasteiger charge is 2.30. The topological polar surface area (TPSA) is 51.0 Å². The van der Waals surface area contributed by atoms with Crippen molar-refractivity contribution in [3.05, 3.63) is 11.7 Å². The predicted molar refractivity (Wildman–Crippen MR) is 82.7 cm³/mol. The van der Waals surface area contributed by atoms with Gasteiger partial charge in [0.25, 0.3) is 0 Å². The molecule has 0 bridgehead atoms. The molecule has 1 fully saturated rings. The van der Waals surface area contributed by atoms with Crippen LogP contribution in [0.2, 0.25) is 0 Å². The summed E-state index contributed by atoms with van der Waals surface area (Å²) in [6.45, 7) is 7.45. The van der Waals surface area contributed by atoms with Crippen molar-refractivity contribution in [3.63, 3.8) is 0 Å². The van der Waals surface area contributed by atoms with Gasteiger partial charge >= 0.3 is 0 Å². The van der Waals surface area contributed by atoms with Crippen LogP contribution in [0.15, 0.2) is 4.52 Å². The van der Waals surface area contributed by atoms with E-state index >= 15 is 0 Å². The van der Waals surface area contributed by atoms with Crippen molar-refractivity contribution in [2.24, 2.45) is 0 Å². The molecule has 0 amide bonds. The third-order valence-electron chi connectivity index (χ3n) is 3.24. The Morgan fingerprint density at radius 1 is 1.37 bits per heavy atom. The maximum atomic E-state index is 5.42. The van der Waals surface area contributed by atoms with Crippen molar-refractivity contribution in [1.29, 1.82) is 0 Å². The van der Waals surface area contributed by atoms with Crippen LogP contribution < -0.4 is 5.32 Å². The van der Waals surface area contributed by atoms with Gasteiger partial charge in [0.1, 0.15) is 0 Å². The molecule has 1 saturated heterocycles. The molecule has 1 aromatic rings. The van der Waals surface area contributed by atoms with Crippen molar-refractivity contribution in [1.82, 2.24) is 15.5 Å². The van der Waals surface area contributed by atoms with Crippen LogP contribution in [0.1, 0.15) is 56.6 Å². The molecule has 0 aromatic carbocycles. The summed E-state index contributed by atoms with van der Waals surface area (Å²) >= 11 is 4.01. The fourth-order valence-corrected chi connectivity index (χ4v) is 5.11. The predicted octanol–water partition coefficient (Wildman–Crippen LogP) is 3.43. The number of rotatable bonds is 6. The van der Waals surface area contributed by atoms with Gasteiger partial charge in [-0.05, 0) is 26.3 Å². The van der Waals surface area contributed by atoms with Gasteiger partial charge in [-0.15, -0.1) is 11.8 Å². The van der Waals surface area contributed by atoms with Crippen LogP contribution in [-0.4, -0.2) is 33.4 Å². The molecule has 1 aromatic heterocycles. The molecule has 6 heteroatoms. The fourth-order valence-electron chi connectivity index (χ4n) is 2.13. The van der Waals surface area contributed by atoms with E-state index in [1.54, 1.807) is 0 Å².